The maximum absolute atomic E-state index is 12.6. The smallest absolute Gasteiger partial charge is 0.434 e. The number of rotatable bonds is 2. The second-order valence-corrected chi connectivity index (χ2v) is 5.59. The van der Waals surface area contributed by atoms with Crippen LogP contribution in [0.2, 0.25) is 5.02 Å². The van der Waals surface area contributed by atoms with E-state index in [4.69, 9.17) is 16.3 Å². The summed E-state index contributed by atoms with van der Waals surface area (Å²) in [6, 6.07) is 7.69. The number of hydrogen-bond donors (Lipinski definition) is 0. The van der Waals surface area contributed by atoms with Gasteiger partial charge in [0.25, 0.3) is 0 Å². The second-order valence-electron chi connectivity index (χ2n) is 4.33. The third-order valence-corrected chi connectivity index (χ3v) is 4.05. The topological polar surface area (TPSA) is 35.0 Å². The maximum atomic E-state index is 12.6. The summed E-state index contributed by atoms with van der Waals surface area (Å²) in [5.74, 6) is 0.480. The first kappa shape index (κ1) is 15.1. The molecule has 0 atom stereocenters. The number of ether oxygens (including phenoxy) is 1. The third-order valence-electron chi connectivity index (χ3n) is 2.89. The molecule has 8 heteroatoms. The number of hydrogen-bond acceptors (Lipinski definition) is 4. The van der Waals surface area contributed by atoms with Gasteiger partial charge in [0, 0.05) is 10.8 Å². The van der Waals surface area contributed by atoms with E-state index < -0.39 is 11.9 Å². The standard InChI is InChI=1S/C14H7ClF3N2OS/c1-21-11-4-7-2-3-9(19-10(7)5-8(11)15)13-20-12(6-22-13)14(16,17)18/h3-6H,1H3. The fourth-order valence-electron chi connectivity index (χ4n) is 1.85. The zero-order chi connectivity index (χ0) is 15.9. The highest BCUT2D eigenvalue weighted by Crippen LogP contribution is 2.34. The molecule has 0 aliphatic rings. The lowest BCUT2D eigenvalue weighted by Gasteiger charge is -2.05. The van der Waals surface area contributed by atoms with Gasteiger partial charge in [0.2, 0.25) is 0 Å². The van der Waals surface area contributed by atoms with Gasteiger partial charge in [-0.15, -0.1) is 11.3 Å². The molecule has 0 aliphatic carbocycles. The number of halogens is 4. The molecule has 2 heterocycles. The number of aromatic nitrogens is 2. The van der Waals surface area contributed by atoms with Crippen molar-refractivity contribution in [2.75, 3.05) is 7.11 Å². The minimum atomic E-state index is -4.47. The molecule has 113 valence electrons. The molecule has 0 fully saturated rings. The Labute approximate surface area is 132 Å². The van der Waals surface area contributed by atoms with Gasteiger partial charge in [0.1, 0.15) is 16.5 Å². The Morgan fingerprint density at radius 2 is 2.05 bits per heavy atom. The summed E-state index contributed by atoms with van der Waals surface area (Å²) in [7, 11) is 1.49. The van der Waals surface area contributed by atoms with Gasteiger partial charge < -0.3 is 4.74 Å². The fraction of sp³-hybridized carbons (Fsp3) is 0.143. The highest BCUT2D eigenvalue weighted by Gasteiger charge is 2.33. The van der Waals surface area contributed by atoms with E-state index in [2.05, 4.69) is 16.0 Å². The minimum Gasteiger partial charge on any atom is -0.495 e. The van der Waals surface area contributed by atoms with Crippen LogP contribution >= 0.6 is 22.9 Å². The molecule has 0 saturated carbocycles. The van der Waals surface area contributed by atoms with E-state index in [0.29, 0.717) is 27.4 Å². The summed E-state index contributed by atoms with van der Waals surface area (Å²) >= 11 is 6.90. The van der Waals surface area contributed by atoms with Gasteiger partial charge in [0.05, 0.1) is 17.6 Å². The first-order valence-corrected chi connectivity index (χ1v) is 7.23. The molecule has 0 unspecified atom stereocenters. The van der Waals surface area contributed by atoms with Gasteiger partial charge in [0.15, 0.2) is 5.69 Å². The molecule has 1 aromatic carbocycles. The Bertz CT molecular complexity index is 848. The minimum absolute atomic E-state index is 0.178. The van der Waals surface area contributed by atoms with E-state index in [0.717, 1.165) is 16.7 Å². The van der Waals surface area contributed by atoms with Crippen molar-refractivity contribution in [1.82, 2.24) is 9.97 Å². The molecular weight excluding hydrogens is 337 g/mol. The van der Waals surface area contributed by atoms with Crippen LogP contribution in [0.4, 0.5) is 13.2 Å². The van der Waals surface area contributed by atoms with Crippen LogP contribution in [0.15, 0.2) is 23.6 Å². The quantitative estimate of drug-likeness (QED) is 0.668. The van der Waals surface area contributed by atoms with Crippen LogP contribution < -0.4 is 4.74 Å². The molecule has 0 N–H and O–H groups in total. The van der Waals surface area contributed by atoms with Crippen molar-refractivity contribution in [2.45, 2.75) is 6.18 Å². The van der Waals surface area contributed by atoms with Gasteiger partial charge in [-0.2, -0.15) is 13.2 Å². The zero-order valence-corrected chi connectivity index (χ0v) is 12.6. The Hall–Kier alpha value is -1.86. The summed E-state index contributed by atoms with van der Waals surface area (Å²) in [4.78, 5) is 7.85. The van der Waals surface area contributed by atoms with Crippen molar-refractivity contribution in [3.63, 3.8) is 0 Å². The summed E-state index contributed by atoms with van der Waals surface area (Å²) in [6.45, 7) is 0. The molecule has 0 saturated heterocycles. The Kier molecular flexibility index (Phi) is 3.70. The number of alkyl halides is 3. The van der Waals surface area contributed by atoms with Crippen molar-refractivity contribution in [3.05, 3.63) is 40.4 Å². The van der Waals surface area contributed by atoms with Crippen LogP contribution in [0.3, 0.4) is 0 Å². The zero-order valence-electron chi connectivity index (χ0n) is 11.0. The third kappa shape index (κ3) is 2.74. The van der Waals surface area contributed by atoms with E-state index >= 15 is 0 Å². The van der Waals surface area contributed by atoms with E-state index in [1.807, 2.05) is 0 Å². The monoisotopic (exact) mass is 343 g/mol. The average Bonchev–Trinajstić information content (AvgIpc) is 2.95. The van der Waals surface area contributed by atoms with Gasteiger partial charge in [-0.05, 0) is 24.3 Å². The van der Waals surface area contributed by atoms with Crippen molar-refractivity contribution in [3.8, 4) is 16.5 Å². The highest BCUT2D eigenvalue weighted by molar-refractivity contribution is 7.13. The molecule has 0 amide bonds. The van der Waals surface area contributed by atoms with E-state index in [9.17, 15) is 13.2 Å². The molecular formula is C14H7ClF3N2OS. The molecule has 0 bridgehead atoms. The van der Waals surface area contributed by atoms with Gasteiger partial charge >= 0.3 is 6.18 Å². The van der Waals surface area contributed by atoms with Crippen LogP contribution in [-0.4, -0.2) is 17.1 Å². The van der Waals surface area contributed by atoms with Crippen molar-refractivity contribution >= 4 is 33.8 Å². The molecule has 1 radical (unpaired) electrons. The van der Waals surface area contributed by atoms with Crippen LogP contribution in [0.5, 0.6) is 5.75 Å². The Morgan fingerprint density at radius 1 is 1.27 bits per heavy atom. The number of thiazole rings is 1. The first-order chi connectivity index (χ1) is 10.4. The normalized spacial score (nSPS) is 11.9. The lowest BCUT2D eigenvalue weighted by atomic mass is 10.2. The molecule has 3 rings (SSSR count). The summed E-state index contributed by atoms with van der Waals surface area (Å²) in [5, 5.41) is 2.15. The molecule has 3 aromatic rings. The highest BCUT2D eigenvalue weighted by atomic mass is 35.5. The van der Waals surface area contributed by atoms with E-state index in [-0.39, 0.29) is 5.01 Å². The molecule has 2 aromatic heterocycles. The summed E-state index contributed by atoms with van der Waals surface area (Å²) in [6.07, 6.45) is -4.47. The second kappa shape index (κ2) is 5.40. The van der Waals surface area contributed by atoms with Crippen LogP contribution in [0.1, 0.15) is 5.69 Å². The van der Waals surface area contributed by atoms with Gasteiger partial charge in [-0.25, -0.2) is 9.97 Å². The Morgan fingerprint density at radius 3 is 2.68 bits per heavy atom. The number of nitrogens with zero attached hydrogens (tertiary/aromatic N) is 2. The van der Waals surface area contributed by atoms with Gasteiger partial charge in [-0.1, -0.05) is 11.6 Å². The van der Waals surface area contributed by atoms with E-state index in [1.54, 1.807) is 12.1 Å². The number of benzene rings is 1. The molecule has 22 heavy (non-hydrogen) atoms. The number of fused-ring (bicyclic) bond motifs is 1. The van der Waals surface area contributed by atoms with Crippen molar-refractivity contribution in [1.29, 1.82) is 0 Å². The molecule has 0 spiro atoms. The number of pyridine rings is 1. The largest absolute Gasteiger partial charge is 0.495 e. The van der Waals surface area contributed by atoms with Crippen molar-refractivity contribution < 1.29 is 17.9 Å². The Balaban J connectivity index is 2.07. The lowest BCUT2D eigenvalue weighted by molar-refractivity contribution is -0.140. The van der Waals surface area contributed by atoms with Crippen LogP contribution in [-0.2, 0) is 6.18 Å². The predicted molar refractivity (Wildman–Crippen MR) is 78.3 cm³/mol. The van der Waals surface area contributed by atoms with Crippen LogP contribution in [0, 0.1) is 6.07 Å². The molecule has 3 nitrogen and oxygen atoms in total. The summed E-state index contributed by atoms with van der Waals surface area (Å²) in [5.41, 5.74) is -0.108. The van der Waals surface area contributed by atoms with E-state index in [1.165, 1.54) is 13.2 Å². The first-order valence-electron chi connectivity index (χ1n) is 5.97. The predicted octanol–water partition coefficient (Wildman–Crippen LogP) is 4.84. The lowest BCUT2D eigenvalue weighted by Crippen LogP contribution is -2.04. The number of methoxy groups -OCH3 is 1. The van der Waals surface area contributed by atoms with Crippen molar-refractivity contribution in [2.24, 2.45) is 0 Å². The SMILES string of the molecule is COc1cc2[c]cc(-c3nc(C(F)(F)F)cs3)nc2cc1Cl. The van der Waals surface area contributed by atoms with Crippen LogP contribution in [0.25, 0.3) is 21.6 Å². The maximum Gasteiger partial charge on any atom is 0.434 e. The fourth-order valence-corrected chi connectivity index (χ4v) is 2.87. The summed E-state index contributed by atoms with van der Waals surface area (Å²) < 4.78 is 42.9. The molecule has 0 aliphatic heterocycles. The average molecular weight is 344 g/mol. The van der Waals surface area contributed by atoms with Gasteiger partial charge in [-0.3, -0.25) is 0 Å².